The van der Waals surface area contributed by atoms with Crippen LogP contribution in [-0.2, 0) is 19.1 Å². The van der Waals surface area contributed by atoms with Crippen molar-refractivity contribution in [2.75, 3.05) is 26.4 Å². The molecule has 3 fully saturated rings. The van der Waals surface area contributed by atoms with E-state index in [1.54, 1.807) is 0 Å². The highest BCUT2D eigenvalue weighted by Gasteiger charge is 2.41. The highest BCUT2D eigenvalue weighted by Crippen LogP contribution is 2.50. The zero-order chi connectivity index (χ0) is 26.1. The first-order valence-electron chi connectivity index (χ1n) is 14.3. The molecule has 0 saturated heterocycles. The maximum Gasteiger partial charge on any atom is 0.335 e. The van der Waals surface area contributed by atoms with E-state index in [9.17, 15) is 9.59 Å². The molecule has 6 heteroatoms. The van der Waals surface area contributed by atoms with Crippen LogP contribution in [0.2, 0.25) is 0 Å². The number of aliphatic hydroxyl groups is 2. The molecule has 4 atom stereocenters. The quantitative estimate of drug-likeness (QED) is 0.279. The summed E-state index contributed by atoms with van der Waals surface area (Å²) in [6.45, 7) is 8.75. The number of esters is 2. The molecule has 3 aliphatic carbocycles. The predicted molar refractivity (Wildman–Crippen MR) is 140 cm³/mol. The van der Waals surface area contributed by atoms with Crippen LogP contribution in [0.15, 0.2) is 24.3 Å². The molecule has 0 amide bonds. The molecular formula is C30H48O6. The Bertz CT molecular complexity index is 721. The normalized spacial score (nSPS) is 30.3. The van der Waals surface area contributed by atoms with E-state index in [1.165, 1.54) is 64.2 Å². The summed E-state index contributed by atoms with van der Waals surface area (Å²) in [5, 5.41) is 18.3. The molecule has 0 aromatic carbocycles. The lowest BCUT2D eigenvalue weighted by molar-refractivity contribution is -0.146. The topological polar surface area (TPSA) is 93.1 Å². The second-order valence-electron chi connectivity index (χ2n) is 11.7. The average Bonchev–Trinajstić information content (AvgIpc) is 2.91. The summed E-state index contributed by atoms with van der Waals surface area (Å²) in [5.41, 5.74) is 0.0373. The Morgan fingerprint density at radius 1 is 0.750 bits per heavy atom. The largest absolute Gasteiger partial charge is 0.462 e. The highest BCUT2D eigenvalue weighted by atomic mass is 16.5. The van der Waals surface area contributed by atoms with Crippen molar-refractivity contribution in [3.8, 4) is 0 Å². The third kappa shape index (κ3) is 7.92. The summed E-state index contributed by atoms with van der Waals surface area (Å²) in [6, 6.07) is 0. The van der Waals surface area contributed by atoms with Crippen LogP contribution in [-0.4, -0.2) is 48.6 Å². The van der Waals surface area contributed by atoms with E-state index >= 15 is 0 Å². The van der Waals surface area contributed by atoms with Crippen molar-refractivity contribution in [2.24, 2.45) is 41.4 Å². The lowest BCUT2D eigenvalue weighted by Crippen LogP contribution is -2.38. The minimum Gasteiger partial charge on any atom is -0.462 e. The molecule has 0 spiro atoms. The third-order valence-corrected chi connectivity index (χ3v) is 9.43. The average molecular weight is 505 g/mol. The smallest absolute Gasteiger partial charge is 0.335 e. The van der Waals surface area contributed by atoms with Crippen LogP contribution < -0.4 is 0 Å². The summed E-state index contributed by atoms with van der Waals surface area (Å²) < 4.78 is 10.9. The maximum absolute atomic E-state index is 12.1. The van der Waals surface area contributed by atoms with Gasteiger partial charge >= 0.3 is 11.9 Å². The van der Waals surface area contributed by atoms with Crippen molar-refractivity contribution in [2.45, 2.75) is 84.0 Å². The van der Waals surface area contributed by atoms with Crippen molar-refractivity contribution >= 4 is 11.9 Å². The fraction of sp³-hybridized carbons (Fsp3) is 0.800. The van der Waals surface area contributed by atoms with Crippen LogP contribution in [0.25, 0.3) is 0 Å². The number of carbonyl (C=O) groups excluding carboxylic acids is 2. The number of aliphatic hydroxyl groups excluding tert-OH is 2. The third-order valence-electron chi connectivity index (χ3n) is 9.43. The number of carbonyl (C=O) groups is 2. The second-order valence-corrected chi connectivity index (χ2v) is 11.7. The van der Waals surface area contributed by atoms with Crippen molar-refractivity contribution < 1.29 is 29.3 Å². The number of fused-ring (bicyclic) bond motifs is 1. The zero-order valence-electron chi connectivity index (χ0n) is 22.3. The molecular weight excluding hydrogens is 456 g/mol. The van der Waals surface area contributed by atoms with E-state index in [-0.39, 0.29) is 30.3 Å². The molecule has 0 aromatic rings. The van der Waals surface area contributed by atoms with E-state index in [0.717, 1.165) is 36.5 Å². The van der Waals surface area contributed by atoms with Crippen LogP contribution in [0, 0.1) is 41.4 Å². The highest BCUT2D eigenvalue weighted by molar-refractivity contribution is 5.88. The molecule has 0 radical (unpaired) electrons. The first kappa shape index (κ1) is 28.9. The van der Waals surface area contributed by atoms with Crippen LogP contribution >= 0.6 is 0 Å². The molecule has 3 rings (SSSR count). The van der Waals surface area contributed by atoms with Gasteiger partial charge in [-0.15, -0.1) is 0 Å². The van der Waals surface area contributed by atoms with Gasteiger partial charge in [0.1, 0.15) is 0 Å². The number of rotatable bonds is 12. The van der Waals surface area contributed by atoms with Crippen LogP contribution in [0.5, 0.6) is 0 Å². The lowest BCUT2D eigenvalue weighted by atomic mass is 9.60. The minimum absolute atomic E-state index is 0.0187. The SMILES string of the molecule is C=C(CO)C(=O)OCC(COC(=O)C(=C)CO)C1CCC2CC(C3CCC(CCC)CC3)CCC2C1. The second kappa shape index (κ2) is 14.3. The van der Waals surface area contributed by atoms with Crippen LogP contribution in [0.1, 0.15) is 84.0 Å². The van der Waals surface area contributed by atoms with Gasteiger partial charge in [0.05, 0.1) is 37.6 Å². The van der Waals surface area contributed by atoms with Gasteiger partial charge in [-0.2, -0.15) is 0 Å². The molecule has 36 heavy (non-hydrogen) atoms. The van der Waals surface area contributed by atoms with Crippen molar-refractivity contribution in [3.05, 3.63) is 24.3 Å². The van der Waals surface area contributed by atoms with Crippen molar-refractivity contribution in [3.63, 3.8) is 0 Å². The Balaban J connectivity index is 1.54. The summed E-state index contributed by atoms with van der Waals surface area (Å²) in [7, 11) is 0. The van der Waals surface area contributed by atoms with Crippen molar-refractivity contribution in [1.82, 2.24) is 0 Å². The minimum atomic E-state index is -0.614. The Hall–Kier alpha value is -1.66. The van der Waals surface area contributed by atoms with Gasteiger partial charge in [0.25, 0.3) is 0 Å². The molecule has 6 nitrogen and oxygen atoms in total. The Morgan fingerprint density at radius 3 is 1.75 bits per heavy atom. The monoisotopic (exact) mass is 504 g/mol. The molecule has 0 bridgehead atoms. The molecule has 4 unspecified atom stereocenters. The van der Waals surface area contributed by atoms with Crippen molar-refractivity contribution in [1.29, 1.82) is 0 Å². The van der Waals surface area contributed by atoms with E-state index in [1.807, 2.05) is 0 Å². The van der Waals surface area contributed by atoms with Gasteiger partial charge in [0.2, 0.25) is 0 Å². The lowest BCUT2D eigenvalue weighted by Gasteiger charge is -2.46. The number of ether oxygens (including phenoxy) is 2. The van der Waals surface area contributed by atoms with Crippen LogP contribution in [0.4, 0.5) is 0 Å². The van der Waals surface area contributed by atoms with Gasteiger partial charge in [-0.1, -0.05) is 45.8 Å². The Morgan fingerprint density at radius 2 is 1.22 bits per heavy atom. The van der Waals surface area contributed by atoms with E-state index in [4.69, 9.17) is 19.7 Å². The van der Waals surface area contributed by atoms with Gasteiger partial charge in [0.15, 0.2) is 0 Å². The molecule has 3 saturated carbocycles. The van der Waals surface area contributed by atoms with Crippen LogP contribution in [0.3, 0.4) is 0 Å². The fourth-order valence-corrected chi connectivity index (χ4v) is 7.19. The molecule has 0 heterocycles. The first-order chi connectivity index (χ1) is 17.4. The van der Waals surface area contributed by atoms with E-state index in [2.05, 4.69) is 20.1 Å². The Labute approximate surface area is 217 Å². The molecule has 204 valence electrons. The van der Waals surface area contributed by atoms with Gasteiger partial charge in [0, 0.05) is 5.92 Å². The molecule has 2 N–H and O–H groups in total. The summed E-state index contributed by atoms with van der Waals surface area (Å²) in [6.07, 6.45) is 15.7. The molecule has 0 aliphatic heterocycles. The maximum atomic E-state index is 12.1. The molecule has 0 aromatic heterocycles. The van der Waals surface area contributed by atoms with E-state index in [0.29, 0.717) is 11.8 Å². The predicted octanol–water partition coefficient (Wildman–Crippen LogP) is 5.23. The standard InChI is InChI=1S/C30H48O6/c1-4-5-22-6-8-23(9-7-22)24-10-11-26-15-27(13-12-25(26)14-24)28(18-35-29(33)20(2)16-31)19-36-30(34)21(3)17-32/h22-28,31-32H,2-19H2,1H3. The summed E-state index contributed by atoms with van der Waals surface area (Å²) in [5.74, 6) is 3.18. The number of hydrogen-bond acceptors (Lipinski definition) is 6. The summed E-state index contributed by atoms with van der Waals surface area (Å²) >= 11 is 0. The van der Waals surface area contributed by atoms with Gasteiger partial charge in [-0.25, -0.2) is 9.59 Å². The fourth-order valence-electron chi connectivity index (χ4n) is 7.19. The molecule has 3 aliphatic rings. The number of hydrogen-bond donors (Lipinski definition) is 2. The van der Waals surface area contributed by atoms with E-state index < -0.39 is 25.2 Å². The van der Waals surface area contributed by atoms with Gasteiger partial charge in [-0.3, -0.25) is 0 Å². The first-order valence-corrected chi connectivity index (χ1v) is 14.3. The zero-order valence-corrected chi connectivity index (χ0v) is 22.3. The Kier molecular flexibility index (Phi) is 11.5. The van der Waals surface area contributed by atoms with Gasteiger partial charge < -0.3 is 19.7 Å². The summed E-state index contributed by atoms with van der Waals surface area (Å²) in [4.78, 5) is 24.2. The van der Waals surface area contributed by atoms with Gasteiger partial charge in [-0.05, 0) is 86.9 Å².